The molecule has 2 atom stereocenters. The molecule has 88 valence electrons. The first kappa shape index (κ1) is 11.9. The third kappa shape index (κ3) is 3.20. The van der Waals surface area contributed by atoms with E-state index in [1.807, 2.05) is 24.3 Å². The number of hydrogen-bond donors (Lipinski definition) is 2. The third-order valence-corrected chi connectivity index (χ3v) is 3.44. The fraction of sp³-hybridized carbons (Fsp3) is 0.500. The molecule has 4 heteroatoms. The van der Waals surface area contributed by atoms with E-state index in [0.717, 1.165) is 29.7 Å². The molecule has 1 aromatic carbocycles. The van der Waals surface area contributed by atoms with Crippen molar-refractivity contribution >= 4 is 15.9 Å². The topological polar surface area (TPSA) is 47.3 Å². The van der Waals surface area contributed by atoms with E-state index in [4.69, 9.17) is 10.5 Å². The number of benzene rings is 1. The highest BCUT2D eigenvalue weighted by Crippen LogP contribution is 2.19. The maximum atomic E-state index is 6.09. The zero-order chi connectivity index (χ0) is 11.4. The van der Waals surface area contributed by atoms with Gasteiger partial charge in [0.05, 0.1) is 0 Å². The van der Waals surface area contributed by atoms with E-state index in [2.05, 4.69) is 21.2 Å². The molecule has 0 bridgehead atoms. The van der Waals surface area contributed by atoms with Crippen LogP contribution >= 0.6 is 15.9 Å². The van der Waals surface area contributed by atoms with Crippen LogP contribution in [0.4, 0.5) is 0 Å². The van der Waals surface area contributed by atoms with Crippen LogP contribution in [0.1, 0.15) is 6.42 Å². The van der Waals surface area contributed by atoms with Crippen LogP contribution in [0.3, 0.4) is 0 Å². The smallest absolute Gasteiger partial charge is 0.120 e. The first-order chi connectivity index (χ1) is 7.75. The Morgan fingerprint density at radius 1 is 1.56 bits per heavy atom. The number of hydrogen-bond acceptors (Lipinski definition) is 3. The van der Waals surface area contributed by atoms with Crippen LogP contribution in [0.15, 0.2) is 28.7 Å². The highest BCUT2D eigenvalue weighted by Gasteiger charge is 2.21. The van der Waals surface area contributed by atoms with Gasteiger partial charge >= 0.3 is 0 Å². The summed E-state index contributed by atoms with van der Waals surface area (Å²) in [6.07, 6.45) is 1.16. The zero-order valence-corrected chi connectivity index (χ0v) is 10.7. The van der Waals surface area contributed by atoms with Gasteiger partial charge in [-0.25, -0.2) is 0 Å². The van der Waals surface area contributed by atoms with Crippen LogP contribution in [0.5, 0.6) is 5.75 Å². The lowest BCUT2D eigenvalue weighted by Crippen LogP contribution is -2.37. The van der Waals surface area contributed by atoms with Crippen molar-refractivity contribution in [2.24, 2.45) is 11.7 Å². The highest BCUT2D eigenvalue weighted by molar-refractivity contribution is 9.10. The van der Waals surface area contributed by atoms with Gasteiger partial charge in [0.25, 0.3) is 0 Å². The number of nitrogens with one attached hydrogen (secondary N) is 1. The fourth-order valence-electron chi connectivity index (χ4n) is 1.93. The largest absolute Gasteiger partial charge is 0.492 e. The quantitative estimate of drug-likeness (QED) is 0.886. The predicted molar refractivity (Wildman–Crippen MR) is 68.6 cm³/mol. The lowest BCUT2D eigenvalue weighted by Gasteiger charge is -2.18. The van der Waals surface area contributed by atoms with Gasteiger partial charge < -0.3 is 15.8 Å². The summed E-state index contributed by atoms with van der Waals surface area (Å²) in [5.41, 5.74) is 6.09. The molecule has 1 aliphatic heterocycles. The van der Waals surface area contributed by atoms with E-state index in [0.29, 0.717) is 12.5 Å². The lowest BCUT2D eigenvalue weighted by atomic mass is 10.0. The Labute approximate surface area is 104 Å². The maximum Gasteiger partial charge on any atom is 0.120 e. The summed E-state index contributed by atoms with van der Waals surface area (Å²) >= 11 is 3.41. The van der Waals surface area contributed by atoms with E-state index in [1.54, 1.807) is 0 Å². The average Bonchev–Trinajstić information content (AvgIpc) is 2.79. The molecule has 3 nitrogen and oxygen atoms in total. The van der Waals surface area contributed by atoms with Crippen molar-refractivity contribution in [3.05, 3.63) is 28.7 Å². The Morgan fingerprint density at radius 3 is 3.12 bits per heavy atom. The van der Waals surface area contributed by atoms with E-state index < -0.39 is 0 Å². The molecule has 0 radical (unpaired) electrons. The van der Waals surface area contributed by atoms with Gasteiger partial charge in [-0.3, -0.25) is 0 Å². The lowest BCUT2D eigenvalue weighted by molar-refractivity contribution is 0.252. The molecular formula is C12H17BrN2O. The summed E-state index contributed by atoms with van der Waals surface area (Å²) in [5.74, 6) is 1.42. The van der Waals surface area contributed by atoms with E-state index in [-0.39, 0.29) is 6.04 Å². The van der Waals surface area contributed by atoms with Crippen molar-refractivity contribution in [1.29, 1.82) is 0 Å². The molecule has 1 heterocycles. The summed E-state index contributed by atoms with van der Waals surface area (Å²) in [7, 11) is 0. The van der Waals surface area contributed by atoms with Gasteiger partial charge in [0, 0.05) is 10.5 Å². The monoisotopic (exact) mass is 284 g/mol. The Morgan fingerprint density at radius 2 is 2.44 bits per heavy atom. The van der Waals surface area contributed by atoms with Crippen molar-refractivity contribution < 1.29 is 4.74 Å². The molecule has 2 rings (SSSR count). The van der Waals surface area contributed by atoms with Crippen LogP contribution in [-0.2, 0) is 0 Å². The molecule has 1 aromatic rings. The van der Waals surface area contributed by atoms with Crippen LogP contribution in [0.25, 0.3) is 0 Å². The summed E-state index contributed by atoms with van der Waals surface area (Å²) in [5, 5.41) is 3.32. The van der Waals surface area contributed by atoms with Gasteiger partial charge in [0.2, 0.25) is 0 Å². The molecule has 0 aliphatic carbocycles. The molecule has 16 heavy (non-hydrogen) atoms. The third-order valence-electron chi connectivity index (χ3n) is 2.94. The maximum absolute atomic E-state index is 6.09. The molecule has 1 fully saturated rings. The van der Waals surface area contributed by atoms with E-state index >= 15 is 0 Å². The van der Waals surface area contributed by atoms with Gasteiger partial charge in [-0.05, 0) is 43.6 Å². The molecule has 2 unspecified atom stereocenters. The van der Waals surface area contributed by atoms with Crippen LogP contribution < -0.4 is 15.8 Å². The summed E-state index contributed by atoms with van der Waals surface area (Å²) < 4.78 is 6.71. The van der Waals surface area contributed by atoms with Gasteiger partial charge in [-0.15, -0.1) is 0 Å². The second-order valence-corrected chi connectivity index (χ2v) is 5.10. The summed E-state index contributed by atoms with van der Waals surface area (Å²) in [6.45, 7) is 2.68. The molecule has 3 N–H and O–H groups in total. The Balaban J connectivity index is 1.82. The SMILES string of the molecule is NC(COc1cccc(Br)c1)C1CCNC1. The Bertz CT molecular complexity index is 340. The van der Waals surface area contributed by atoms with E-state index in [1.165, 1.54) is 0 Å². The highest BCUT2D eigenvalue weighted by atomic mass is 79.9. The van der Waals surface area contributed by atoms with Gasteiger partial charge in [0.1, 0.15) is 12.4 Å². The number of rotatable bonds is 4. The van der Waals surface area contributed by atoms with Crippen molar-refractivity contribution in [2.75, 3.05) is 19.7 Å². The van der Waals surface area contributed by atoms with E-state index in [9.17, 15) is 0 Å². The number of nitrogens with two attached hydrogens (primary N) is 1. The molecule has 0 aromatic heterocycles. The molecule has 1 saturated heterocycles. The van der Waals surface area contributed by atoms with Crippen LogP contribution in [0.2, 0.25) is 0 Å². The van der Waals surface area contributed by atoms with Crippen molar-refractivity contribution in [3.8, 4) is 5.75 Å². The van der Waals surface area contributed by atoms with Crippen molar-refractivity contribution in [2.45, 2.75) is 12.5 Å². The Kier molecular flexibility index (Phi) is 4.21. The minimum atomic E-state index is 0.119. The average molecular weight is 285 g/mol. The first-order valence-electron chi connectivity index (χ1n) is 5.60. The van der Waals surface area contributed by atoms with Gasteiger partial charge in [-0.1, -0.05) is 22.0 Å². The fourth-order valence-corrected chi connectivity index (χ4v) is 2.31. The normalized spacial score (nSPS) is 22.0. The Hall–Kier alpha value is -0.580. The second-order valence-electron chi connectivity index (χ2n) is 4.19. The predicted octanol–water partition coefficient (Wildman–Crippen LogP) is 1.76. The summed E-state index contributed by atoms with van der Waals surface area (Å²) in [4.78, 5) is 0. The minimum absolute atomic E-state index is 0.119. The second kappa shape index (κ2) is 5.66. The van der Waals surface area contributed by atoms with Gasteiger partial charge in [-0.2, -0.15) is 0 Å². The van der Waals surface area contributed by atoms with Crippen LogP contribution in [0, 0.1) is 5.92 Å². The molecule has 0 saturated carbocycles. The molecule has 0 spiro atoms. The number of halogens is 1. The molecule has 0 amide bonds. The first-order valence-corrected chi connectivity index (χ1v) is 6.39. The van der Waals surface area contributed by atoms with Crippen molar-refractivity contribution in [3.63, 3.8) is 0 Å². The van der Waals surface area contributed by atoms with Crippen molar-refractivity contribution in [1.82, 2.24) is 5.32 Å². The van der Waals surface area contributed by atoms with Gasteiger partial charge in [0.15, 0.2) is 0 Å². The number of ether oxygens (including phenoxy) is 1. The molecular weight excluding hydrogens is 268 g/mol. The standard InChI is InChI=1S/C12H17BrN2O/c13-10-2-1-3-11(6-10)16-8-12(14)9-4-5-15-7-9/h1-3,6,9,12,15H,4-5,7-8,14H2. The summed E-state index contributed by atoms with van der Waals surface area (Å²) in [6, 6.07) is 7.97. The van der Waals surface area contributed by atoms with Crippen LogP contribution in [-0.4, -0.2) is 25.7 Å². The molecule has 1 aliphatic rings. The minimum Gasteiger partial charge on any atom is -0.492 e. The zero-order valence-electron chi connectivity index (χ0n) is 9.16.